The number of amides is 1. The maximum absolute atomic E-state index is 12.3. The Morgan fingerprint density at radius 3 is 2.50 bits per heavy atom. The molecule has 0 aliphatic heterocycles. The zero-order chi connectivity index (χ0) is 14.7. The fourth-order valence-electron chi connectivity index (χ4n) is 1.88. The molecule has 2 aromatic rings. The Morgan fingerprint density at radius 1 is 1.25 bits per heavy atom. The standard InChI is InChI=1S/C15H14BrClN2O/c1-9(10-5-7-11(16)8-6-10)19-15(20)14-12(17)3-2-4-13(14)18/h2-9H,18H2,1H3,(H,19,20)/t9-/m0/s1. The van der Waals surface area contributed by atoms with E-state index in [1.54, 1.807) is 18.2 Å². The molecule has 5 heteroatoms. The zero-order valence-corrected chi connectivity index (χ0v) is 13.2. The summed E-state index contributed by atoms with van der Waals surface area (Å²) in [4.78, 5) is 12.3. The van der Waals surface area contributed by atoms with E-state index in [1.165, 1.54) is 0 Å². The minimum Gasteiger partial charge on any atom is -0.398 e. The molecule has 3 nitrogen and oxygen atoms in total. The van der Waals surface area contributed by atoms with Gasteiger partial charge in [-0.1, -0.05) is 45.7 Å². The number of anilines is 1. The summed E-state index contributed by atoms with van der Waals surface area (Å²) in [7, 11) is 0. The molecule has 104 valence electrons. The molecular weight excluding hydrogens is 340 g/mol. The largest absolute Gasteiger partial charge is 0.398 e. The van der Waals surface area contributed by atoms with Crippen LogP contribution in [0.5, 0.6) is 0 Å². The van der Waals surface area contributed by atoms with E-state index in [2.05, 4.69) is 21.2 Å². The number of hydrogen-bond donors (Lipinski definition) is 2. The first kappa shape index (κ1) is 14.9. The van der Waals surface area contributed by atoms with Crippen molar-refractivity contribution in [1.82, 2.24) is 5.32 Å². The van der Waals surface area contributed by atoms with Crippen molar-refractivity contribution in [2.45, 2.75) is 13.0 Å². The van der Waals surface area contributed by atoms with Crippen LogP contribution in [0.15, 0.2) is 46.9 Å². The molecule has 0 aromatic heterocycles. The third-order valence-electron chi connectivity index (χ3n) is 2.99. The van der Waals surface area contributed by atoms with Crippen molar-refractivity contribution in [1.29, 1.82) is 0 Å². The number of benzene rings is 2. The summed E-state index contributed by atoms with van der Waals surface area (Å²) in [6.45, 7) is 1.91. The smallest absolute Gasteiger partial charge is 0.255 e. The highest BCUT2D eigenvalue weighted by Gasteiger charge is 2.16. The van der Waals surface area contributed by atoms with Crippen molar-refractivity contribution < 1.29 is 4.79 Å². The van der Waals surface area contributed by atoms with E-state index in [0.717, 1.165) is 10.0 Å². The maximum atomic E-state index is 12.3. The van der Waals surface area contributed by atoms with Crippen molar-refractivity contribution in [3.05, 3.63) is 63.1 Å². The molecule has 0 radical (unpaired) electrons. The summed E-state index contributed by atoms with van der Waals surface area (Å²) < 4.78 is 0.995. The molecule has 0 fully saturated rings. The molecule has 1 atom stereocenters. The van der Waals surface area contributed by atoms with E-state index >= 15 is 0 Å². The van der Waals surface area contributed by atoms with Crippen LogP contribution >= 0.6 is 27.5 Å². The van der Waals surface area contributed by atoms with Gasteiger partial charge in [0.15, 0.2) is 0 Å². The Kier molecular flexibility index (Phi) is 4.68. The second kappa shape index (κ2) is 6.29. The lowest BCUT2D eigenvalue weighted by Crippen LogP contribution is -2.27. The van der Waals surface area contributed by atoms with Gasteiger partial charge in [0.05, 0.1) is 16.6 Å². The summed E-state index contributed by atoms with van der Waals surface area (Å²) in [6.07, 6.45) is 0. The fraction of sp³-hybridized carbons (Fsp3) is 0.133. The van der Waals surface area contributed by atoms with E-state index in [9.17, 15) is 4.79 Å². The molecule has 2 aromatic carbocycles. The summed E-state index contributed by atoms with van der Waals surface area (Å²) in [6, 6.07) is 12.7. The number of nitrogen functional groups attached to an aromatic ring is 1. The van der Waals surface area contributed by atoms with E-state index in [1.807, 2.05) is 31.2 Å². The normalized spacial score (nSPS) is 11.9. The van der Waals surface area contributed by atoms with Gasteiger partial charge in [-0.25, -0.2) is 0 Å². The molecule has 1 amide bonds. The first-order chi connectivity index (χ1) is 9.49. The minimum atomic E-state index is -0.275. The summed E-state index contributed by atoms with van der Waals surface area (Å²) in [5.41, 5.74) is 7.50. The molecule has 0 aliphatic carbocycles. The van der Waals surface area contributed by atoms with Crippen LogP contribution in [0.2, 0.25) is 5.02 Å². The highest BCUT2D eigenvalue weighted by molar-refractivity contribution is 9.10. The van der Waals surface area contributed by atoms with E-state index < -0.39 is 0 Å². The van der Waals surface area contributed by atoms with Crippen LogP contribution in [-0.2, 0) is 0 Å². The number of rotatable bonds is 3. The van der Waals surface area contributed by atoms with Crippen LogP contribution in [0.3, 0.4) is 0 Å². The molecule has 20 heavy (non-hydrogen) atoms. The van der Waals surface area contributed by atoms with Crippen LogP contribution < -0.4 is 11.1 Å². The summed E-state index contributed by atoms with van der Waals surface area (Å²) in [5, 5.41) is 3.25. The Balaban J connectivity index is 2.17. The SMILES string of the molecule is C[C@H](NC(=O)c1c(N)cccc1Cl)c1ccc(Br)cc1. The molecular formula is C15H14BrClN2O. The predicted octanol–water partition coefficient (Wildman–Crippen LogP) is 4.18. The highest BCUT2D eigenvalue weighted by Crippen LogP contribution is 2.23. The van der Waals surface area contributed by atoms with E-state index in [-0.39, 0.29) is 11.9 Å². The third-order valence-corrected chi connectivity index (χ3v) is 3.83. The quantitative estimate of drug-likeness (QED) is 0.813. The third kappa shape index (κ3) is 3.32. The Labute approximate surface area is 131 Å². The van der Waals surface area contributed by atoms with Gasteiger partial charge >= 0.3 is 0 Å². The Morgan fingerprint density at radius 2 is 1.90 bits per heavy atom. The Bertz CT molecular complexity index is 608. The molecule has 0 saturated carbocycles. The van der Waals surface area contributed by atoms with Crippen molar-refractivity contribution in [2.75, 3.05) is 5.73 Å². The van der Waals surface area contributed by atoms with Gasteiger partial charge in [0, 0.05) is 10.2 Å². The molecule has 0 unspecified atom stereocenters. The molecule has 0 heterocycles. The van der Waals surface area contributed by atoms with Gasteiger partial charge in [-0.3, -0.25) is 4.79 Å². The molecule has 2 rings (SSSR count). The first-order valence-electron chi connectivity index (χ1n) is 6.09. The maximum Gasteiger partial charge on any atom is 0.255 e. The molecule has 0 saturated heterocycles. The average molecular weight is 354 g/mol. The van der Waals surface area contributed by atoms with Gasteiger partial charge in [0.2, 0.25) is 0 Å². The molecule has 0 spiro atoms. The summed E-state index contributed by atoms with van der Waals surface area (Å²) in [5.74, 6) is -0.275. The van der Waals surface area contributed by atoms with Gasteiger partial charge in [0.25, 0.3) is 5.91 Å². The lowest BCUT2D eigenvalue weighted by Gasteiger charge is -2.16. The van der Waals surface area contributed by atoms with Gasteiger partial charge in [-0.05, 0) is 36.8 Å². The zero-order valence-electron chi connectivity index (χ0n) is 10.9. The first-order valence-corrected chi connectivity index (χ1v) is 7.26. The topological polar surface area (TPSA) is 55.1 Å². The predicted molar refractivity (Wildman–Crippen MR) is 85.9 cm³/mol. The van der Waals surface area contributed by atoms with Gasteiger partial charge in [0.1, 0.15) is 0 Å². The number of halogens is 2. The van der Waals surface area contributed by atoms with Crippen LogP contribution in [0.4, 0.5) is 5.69 Å². The lowest BCUT2D eigenvalue weighted by atomic mass is 10.1. The van der Waals surface area contributed by atoms with Crippen molar-refractivity contribution in [3.8, 4) is 0 Å². The van der Waals surface area contributed by atoms with Gasteiger partial charge in [-0.15, -0.1) is 0 Å². The second-order valence-electron chi connectivity index (χ2n) is 4.45. The van der Waals surface area contributed by atoms with Crippen molar-refractivity contribution in [3.63, 3.8) is 0 Å². The number of hydrogen-bond acceptors (Lipinski definition) is 2. The molecule has 0 bridgehead atoms. The van der Waals surface area contributed by atoms with Crippen LogP contribution in [0.1, 0.15) is 28.9 Å². The van der Waals surface area contributed by atoms with Crippen molar-refractivity contribution >= 4 is 39.1 Å². The van der Waals surface area contributed by atoms with E-state index in [4.69, 9.17) is 17.3 Å². The van der Waals surface area contributed by atoms with Gasteiger partial charge in [-0.2, -0.15) is 0 Å². The fourth-order valence-corrected chi connectivity index (χ4v) is 2.42. The minimum absolute atomic E-state index is 0.133. The highest BCUT2D eigenvalue weighted by atomic mass is 79.9. The molecule has 3 N–H and O–H groups in total. The number of carbonyl (C=O) groups is 1. The van der Waals surface area contributed by atoms with Crippen LogP contribution in [0.25, 0.3) is 0 Å². The van der Waals surface area contributed by atoms with Crippen LogP contribution in [0, 0.1) is 0 Å². The number of nitrogens with one attached hydrogen (secondary N) is 1. The van der Waals surface area contributed by atoms with Crippen LogP contribution in [-0.4, -0.2) is 5.91 Å². The average Bonchev–Trinajstić information content (AvgIpc) is 2.39. The van der Waals surface area contributed by atoms with E-state index in [0.29, 0.717) is 16.3 Å². The number of nitrogens with two attached hydrogens (primary N) is 1. The summed E-state index contributed by atoms with van der Waals surface area (Å²) >= 11 is 9.41. The lowest BCUT2D eigenvalue weighted by molar-refractivity contribution is 0.0941. The van der Waals surface area contributed by atoms with Gasteiger partial charge < -0.3 is 11.1 Å². The Hall–Kier alpha value is -1.52. The molecule has 0 aliphatic rings. The monoisotopic (exact) mass is 352 g/mol. The van der Waals surface area contributed by atoms with Crippen molar-refractivity contribution in [2.24, 2.45) is 0 Å². The second-order valence-corrected chi connectivity index (χ2v) is 5.77. The number of carbonyl (C=O) groups excluding carboxylic acids is 1.